The van der Waals surface area contributed by atoms with Gasteiger partial charge in [0.05, 0.1) is 23.2 Å². The lowest BCUT2D eigenvalue weighted by molar-refractivity contribution is -0.114. The molecule has 0 radical (unpaired) electrons. The molecule has 0 saturated carbocycles. The lowest BCUT2D eigenvalue weighted by Crippen LogP contribution is -2.26. The van der Waals surface area contributed by atoms with Crippen LogP contribution in [0.3, 0.4) is 0 Å². The number of benzene rings is 2. The highest BCUT2D eigenvalue weighted by atomic mass is 16.5. The Morgan fingerprint density at radius 1 is 1.09 bits per heavy atom. The number of carbonyl (C=O) groups excluding carboxylic acids is 2. The van der Waals surface area contributed by atoms with E-state index in [2.05, 4.69) is 39.9 Å². The summed E-state index contributed by atoms with van der Waals surface area (Å²) in [5.74, 6) is 0.172. The molecule has 2 amide bonds. The molecule has 35 heavy (non-hydrogen) atoms. The van der Waals surface area contributed by atoms with E-state index < -0.39 is 0 Å². The first kappa shape index (κ1) is 24.1. The molecule has 0 saturated heterocycles. The van der Waals surface area contributed by atoms with Gasteiger partial charge in [-0.2, -0.15) is 0 Å². The van der Waals surface area contributed by atoms with Gasteiger partial charge < -0.3 is 19.9 Å². The highest BCUT2D eigenvalue weighted by Gasteiger charge is 2.21. The predicted molar refractivity (Wildman–Crippen MR) is 136 cm³/mol. The third-order valence-corrected chi connectivity index (χ3v) is 5.64. The Morgan fingerprint density at radius 3 is 2.57 bits per heavy atom. The zero-order chi connectivity index (χ0) is 24.8. The zero-order valence-electron chi connectivity index (χ0n) is 20.2. The Hall–Kier alpha value is -4.04. The molecule has 0 aliphatic rings. The Balaban J connectivity index is 1.73. The van der Waals surface area contributed by atoms with E-state index in [4.69, 9.17) is 9.72 Å². The number of pyridine rings is 1. The van der Waals surface area contributed by atoms with Crippen molar-refractivity contribution in [3.8, 4) is 11.5 Å². The fourth-order valence-electron chi connectivity index (χ4n) is 3.98. The first-order chi connectivity index (χ1) is 17.0. The van der Waals surface area contributed by atoms with Crippen molar-refractivity contribution in [2.24, 2.45) is 0 Å². The number of hydrogen-bond acceptors (Lipinski definition) is 5. The Morgan fingerprint density at radius 2 is 1.89 bits per heavy atom. The summed E-state index contributed by atoms with van der Waals surface area (Å²) in [6, 6.07) is 17.3. The van der Waals surface area contributed by atoms with Crippen LogP contribution in [0.4, 0.5) is 5.69 Å². The van der Waals surface area contributed by atoms with Gasteiger partial charge in [0, 0.05) is 39.0 Å². The number of hydrogen-bond donors (Lipinski definition) is 2. The molecule has 0 atom stereocenters. The number of aryl methyl sites for hydroxylation is 1. The summed E-state index contributed by atoms with van der Waals surface area (Å²) in [6.45, 7) is 4.88. The van der Waals surface area contributed by atoms with Crippen LogP contribution in [0.5, 0.6) is 0 Å². The van der Waals surface area contributed by atoms with Crippen LogP contribution in [0, 0.1) is 6.92 Å². The normalized spacial score (nSPS) is 10.9. The molecule has 2 N–H and O–H groups in total. The quantitative estimate of drug-likeness (QED) is 0.385. The van der Waals surface area contributed by atoms with Crippen molar-refractivity contribution in [1.82, 2.24) is 19.9 Å². The van der Waals surface area contributed by atoms with Gasteiger partial charge in [0.2, 0.25) is 5.91 Å². The number of nitrogens with one attached hydrogen (secondary N) is 2. The molecular weight excluding hydrogens is 442 g/mol. The number of amides is 2. The third kappa shape index (κ3) is 5.73. The molecular formula is C27H29N5O3. The Bertz CT molecular complexity index is 1330. The SMILES string of the molecule is COCCn1c(-c2ccccn2)nc2cc(NC(C)=O)cc(C(=O)NCCc3ccc(C)cc3)c21. The average Bonchev–Trinajstić information content (AvgIpc) is 3.21. The van der Waals surface area contributed by atoms with Crippen LogP contribution in [-0.2, 0) is 22.5 Å². The molecule has 8 nitrogen and oxygen atoms in total. The maximum absolute atomic E-state index is 13.4. The fraction of sp³-hybridized carbons (Fsp3) is 0.259. The summed E-state index contributed by atoms with van der Waals surface area (Å²) in [6.07, 6.45) is 2.42. The van der Waals surface area contributed by atoms with Gasteiger partial charge in [-0.25, -0.2) is 4.98 Å². The van der Waals surface area contributed by atoms with E-state index in [0.717, 1.165) is 5.56 Å². The van der Waals surface area contributed by atoms with Crippen LogP contribution in [0.1, 0.15) is 28.4 Å². The first-order valence-corrected chi connectivity index (χ1v) is 11.5. The molecule has 0 unspecified atom stereocenters. The summed E-state index contributed by atoms with van der Waals surface area (Å²) in [7, 11) is 1.63. The highest BCUT2D eigenvalue weighted by molar-refractivity contribution is 6.08. The number of fused-ring (bicyclic) bond motifs is 1. The number of carbonyl (C=O) groups is 2. The van der Waals surface area contributed by atoms with E-state index in [9.17, 15) is 9.59 Å². The lowest BCUT2D eigenvalue weighted by Gasteiger charge is -2.13. The number of methoxy groups -OCH3 is 1. The summed E-state index contributed by atoms with van der Waals surface area (Å²) in [5.41, 5.74) is 5.24. The highest BCUT2D eigenvalue weighted by Crippen LogP contribution is 2.29. The van der Waals surface area contributed by atoms with Crippen LogP contribution in [0.15, 0.2) is 60.8 Å². The van der Waals surface area contributed by atoms with E-state index in [-0.39, 0.29) is 11.8 Å². The molecule has 2 heterocycles. The van der Waals surface area contributed by atoms with Crippen molar-refractivity contribution >= 4 is 28.5 Å². The summed E-state index contributed by atoms with van der Waals surface area (Å²) >= 11 is 0. The van der Waals surface area contributed by atoms with Gasteiger partial charge in [0.15, 0.2) is 5.82 Å². The maximum atomic E-state index is 13.4. The molecule has 180 valence electrons. The van der Waals surface area contributed by atoms with Crippen molar-refractivity contribution in [2.75, 3.05) is 25.6 Å². The van der Waals surface area contributed by atoms with Crippen molar-refractivity contribution in [1.29, 1.82) is 0 Å². The lowest BCUT2D eigenvalue weighted by atomic mass is 10.1. The topological polar surface area (TPSA) is 98.1 Å². The van der Waals surface area contributed by atoms with Crippen LogP contribution >= 0.6 is 0 Å². The third-order valence-electron chi connectivity index (χ3n) is 5.64. The van der Waals surface area contributed by atoms with Gasteiger partial charge in [-0.3, -0.25) is 14.6 Å². The van der Waals surface area contributed by atoms with Gasteiger partial charge in [-0.1, -0.05) is 35.9 Å². The van der Waals surface area contributed by atoms with Gasteiger partial charge in [0.1, 0.15) is 5.69 Å². The number of ether oxygens (including phenoxy) is 1. The Kier molecular flexibility index (Phi) is 7.52. The van der Waals surface area contributed by atoms with E-state index in [0.29, 0.717) is 59.9 Å². The molecule has 2 aromatic heterocycles. The van der Waals surface area contributed by atoms with E-state index in [1.54, 1.807) is 25.4 Å². The second kappa shape index (κ2) is 10.9. The molecule has 0 aliphatic heterocycles. The van der Waals surface area contributed by atoms with Gasteiger partial charge in [-0.05, 0) is 43.2 Å². The van der Waals surface area contributed by atoms with Crippen LogP contribution in [0.2, 0.25) is 0 Å². The smallest absolute Gasteiger partial charge is 0.253 e. The molecule has 4 aromatic rings. The monoisotopic (exact) mass is 471 g/mol. The number of anilines is 1. The van der Waals surface area contributed by atoms with Crippen molar-refractivity contribution < 1.29 is 14.3 Å². The van der Waals surface area contributed by atoms with Crippen LogP contribution < -0.4 is 10.6 Å². The molecule has 2 aromatic carbocycles. The minimum atomic E-state index is -0.236. The minimum absolute atomic E-state index is 0.223. The van der Waals surface area contributed by atoms with E-state index >= 15 is 0 Å². The van der Waals surface area contributed by atoms with E-state index in [1.165, 1.54) is 12.5 Å². The largest absolute Gasteiger partial charge is 0.383 e. The van der Waals surface area contributed by atoms with Crippen molar-refractivity contribution in [3.05, 3.63) is 77.5 Å². The standard InChI is InChI=1S/C27H29N5O3/c1-18-7-9-20(10-8-18)11-13-29-27(34)22-16-21(30-19(2)33)17-24-25(22)32(14-15-35-3)26(31-24)23-6-4-5-12-28-23/h4-10,12,16-17H,11,13-15H2,1-3H3,(H,29,34)(H,30,33). The number of nitrogens with zero attached hydrogens (tertiary/aromatic N) is 3. The molecule has 4 rings (SSSR count). The molecule has 0 aliphatic carbocycles. The molecule has 0 bridgehead atoms. The van der Waals surface area contributed by atoms with Crippen LogP contribution in [0.25, 0.3) is 22.6 Å². The summed E-state index contributed by atoms with van der Waals surface area (Å²) in [5, 5.41) is 5.81. The van der Waals surface area contributed by atoms with Crippen molar-refractivity contribution in [2.45, 2.75) is 26.8 Å². The number of aromatic nitrogens is 3. The van der Waals surface area contributed by atoms with Crippen molar-refractivity contribution in [3.63, 3.8) is 0 Å². The second-order valence-corrected chi connectivity index (χ2v) is 8.36. The maximum Gasteiger partial charge on any atom is 0.253 e. The predicted octanol–water partition coefficient (Wildman–Crippen LogP) is 3.98. The minimum Gasteiger partial charge on any atom is -0.383 e. The molecule has 0 fully saturated rings. The molecule has 0 spiro atoms. The summed E-state index contributed by atoms with van der Waals surface area (Å²) < 4.78 is 7.28. The van der Waals surface area contributed by atoms with E-state index in [1.807, 2.05) is 29.7 Å². The zero-order valence-corrected chi connectivity index (χ0v) is 20.2. The fourth-order valence-corrected chi connectivity index (χ4v) is 3.98. The number of imidazole rings is 1. The van der Waals surface area contributed by atoms with Crippen LogP contribution in [-0.4, -0.2) is 46.6 Å². The van der Waals surface area contributed by atoms with Gasteiger partial charge in [0.25, 0.3) is 5.91 Å². The second-order valence-electron chi connectivity index (χ2n) is 8.36. The average molecular weight is 472 g/mol. The summed E-state index contributed by atoms with van der Waals surface area (Å²) in [4.78, 5) is 34.4. The molecule has 8 heteroatoms. The van der Waals surface area contributed by atoms with Gasteiger partial charge in [-0.15, -0.1) is 0 Å². The number of rotatable bonds is 9. The Labute approximate surface area is 204 Å². The van der Waals surface area contributed by atoms with Gasteiger partial charge >= 0.3 is 0 Å². The first-order valence-electron chi connectivity index (χ1n) is 11.5.